The highest BCUT2D eigenvalue weighted by atomic mass is 19.1. The average Bonchev–Trinajstić information content (AvgIpc) is 3.06. The Hall–Kier alpha value is -3.44. The maximum Gasteiger partial charge on any atom is 0.414 e. The molecule has 0 bridgehead atoms. The highest BCUT2D eigenvalue weighted by molar-refractivity contribution is 6.34. The predicted octanol–water partition coefficient (Wildman–Crippen LogP) is -0.440. The van der Waals surface area contributed by atoms with E-state index in [2.05, 4.69) is 5.32 Å². The lowest BCUT2D eigenvalue weighted by Crippen LogP contribution is -2.52. The second-order valence-electron chi connectivity index (χ2n) is 6.95. The van der Waals surface area contributed by atoms with E-state index in [9.17, 15) is 28.0 Å². The Morgan fingerprint density at radius 3 is 2.30 bits per heavy atom. The van der Waals surface area contributed by atoms with Crippen LogP contribution in [0.4, 0.5) is 25.0 Å². The normalized spacial score (nSPS) is 19.0. The fourth-order valence-corrected chi connectivity index (χ4v) is 3.40. The molecule has 4 amide bonds. The van der Waals surface area contributed by atoms with Crippen LogP contribution >= 0.6 is 0 Å². The molecule has 0 saturated carbocycles. The zero-order chi connectivity index (χ0) is 22.0. The first-order chi connectivity index (χ1) is 14.2. The molecule has 30 heavy (non-hydrogen) atoms. The summed E-state index contributed by atoms with van der Waals surface area (Å²) < 4.78 is 34.6. The Morgan fingerprint density at radius 1 is 1.17 bits per heavy atom. The van der Waals surface area contributed by atoms with Gasteiger partial charge in [0, 0.05) is 45.2 Å². The number of nitrogens with one attached hydrogen (secondary N) is 1. The van der Waals surface area contributed by atoms with Crippen molar-refractivity contribution >= 4 is 35.2 Å². The lowest BCUT2D eigenvalue weighted by molar-refractivity contribution is -0.144. The lowest BCUT2D eigenvalue weighted by atomic mass is 10.2. The summed E-state index contributed by atoms with van der Waals surface area (Å²) in [7, 11) is 0. The van der Waals surface area contributed by atoms with Crippen molar-refractivity contribution in [1.29, 1.82) is 0 Å². The molecule has 3 N–H and O–H groups in total. The van der Waals surface area contributed by atoms with Crippen LogP contribution < -0.4 is 20.9 Å². The van der Waals surface area contributed by atoms with Gasteiger partial charge >= 0.3 is 17.9 Å². The number of carbonyl (C=O) groups is 4. The SMILES string of the molecule is CC(=O)NC[C@H]1CN(c2cc(F)c(N3CCN(C(=O)C(N)=O)CC3)c(F)c2)C(=O)O1. The number of halogens is 2. The van der Waals surface area contributed by atoms with Gasteiger partial charge in [-0.05, 0) is 0 Å². The standard InChI is InChI=1S/C18H21F2N5O5/c1-10(26)22-8-12-9-25(18(29)30-12)11-6-13(19)15(14(20)7-11)23-2-4-24(5-3-23)17(28)16(21)27/h6-7,12H,2-5,8-9H2,1H3,(H2,21,27)(H,22,26)/t12-/m0/s1. The fraction of sp³-hybridized carbons (Fsp3) is 0.444. The Morgan fingerprint density at radius 2 is 1.77 bits per heavy atom. The van der Waals surface area contributed by atoms with Gasteiger partial charge in [-0.15, -0.1) is 0 Å². The molecule has 0 aromatic heterocycles. The number of ether oxygens (including phenoxy) is 1. The summed E-state index contributed by atoms with van der Waals surface area (Å²) in [6.07, 6.45) is -1.40. The van der Waals surface area contributed by atoms with Gasteiger partial charge in [0.15, 0.2) is 11.6 Å². The van der Waals surface area contributed by atoms with Crippen LogP contribution in [0.3, 0.4) is 0 Å². The largest absolute Gasteiger partial charge is 0.442 e. The van der Waals surface area contributed by atoms with E-state index in [1.165, 1.54) is 16.7 Å². The van der Waals surface area contributed by atoms with Crippen molar-refractivity contribution in [3.05, 3.63) is 23.8 Å². The molecule has 0 aliphatic carbocycles. The minimum absolute atomic E-state index is 0.00776. The molecule has 2 aliphatic heterocycles. The molecule has 12 heteroatoms. The zero-order valence-corrected chi connectivity index (χ0v) is 16.2. The maximum absolute atomic E-state index is 14.7. The Bertz CT molecular complexity index is 865. The van der Waals surface area contributed by atoms with Gasteiger partial charge in [0.2, 0.25) is 5.91 Å². The van der Waals surface area contributed by atoms with Crippen molar-refractivity contribution < 1.29 is 32.7 Å². The summed E-state index contributed by atoms with van der Waals surface area (Å²) in [5, 5.41) is 2.52. The second-order valence-corrected chi connectivity index (χ2v) is 6.95. The number of anilines is 2. The van der Waals surface area contributed by atoms with Crippen LogP contribution in [0.25, 0.3) is 0 Å². The van der Waals surface area contributed by atoms with E-state index in [1.807, 2.05) is 0 Å². The molecule has 1 aromatic carbocycles. The third-order valence-electron chi connectivity index (χ3n) is 4.86. The number of nitrogens with two attached hydrogens (primary N) is 1. The van der Waals surface area contributed by atoms with Crippen molar-refractivity contribution in [2.24, 2.45) is 5.73 Å². The quantitative estimate of drug-likeness (QED) is 0.630. The van der Waals surface area contributed by atoms with Gasteiger partial charge in [0.25, 0.3) is 0 Å². The van der Waals surface area contributed by atoms with Gasteiger partial charge in [0.1, 0.15) is 11.8 Å². The number of cyclic esters (lactones) is 1. The number of hydrogen-bond acceptors (Lipinski definition) is 6. The number of carbonyl (C=O) groups excluding carboxylic acids is 4. The summed E-state index contributed by atoms with van der Waals surface area (Å²) in [5.41, 5.74) is 4.67. The van der Waals surface area contributed by atoms with Crippen molar-refractivity contribution in [1.82, 2.24) is 10.2 Å². The maximum atomic E-state index is 14.7. The molecule has 1 aromatic rings. The van der Waals surface area contributed by atoms with E-state index in [-0.39, 0.29) is 56.6 Å². The molecule has 2 heterocycles. The first-order valence-corrected chi connectivity index (χ1v) is 9.22. The summed E-state index contributed by atoms with van der Waals surface area (Å²) in [4.78, 5) is 49.4. The van der Waals surface area contributed by atoms with E-state index in [1.54, 1.807) is 0 Å². The molecule has 10 nitrogen and oxygen atoms in total. The van der Waals surface area contributed by atoms with Crippen LogP contribution in [-0.2, 0) is 19.1 Å². The van der Waals surface area contributed by atoms with Gasteiger partial charge in [-0.3, -0.25) is 19.3 Å². The third-order valence-corrected chi connectivity index (χ3v) is 4.86. The van der Waals surface area contributed by atoms with Crippen LogP contribution in [0.5, 0.6) is 0 Å². The van der Waals surface area contributed by atoms with Crippen LogP contribution in [0.2, 0.25) is 0 Å². The number of nitrogens with zero attached hydrogens (tertiary/aromatic N) is 3. The zero-order valence-electron chi connectivity index (χ0n) is 16.2. The molecule has 0 spiro atoms. The minimum atomic E-state index is -1.08. The van der Waals surface area contributed by atoms with Gasteiger partial charge < -0.3 is 25.6 Å². The summed E-state index contributed by atoms with van der Waals surface area (Å²) >= 11 is 0. The van der Waals surface area contributed by atoms with Crippen LogP contribution in [0.15, 0.2) is 12.1 Å². The molecule has 1 atom stereocenters. The van der Waals surface area contributed by atoms with Gasteiger partial charge in [-0.2, -0.15) is 0 Å². The highest BCUT2D eigenvalue weighted by Crippen LogP contribution is 2.31. The Labute approximate surface area is 170 Å². The summed E-state index contributed by atoms with van der Waals surface area (Å²) in [6, 6.07) is 2.06. The van der Waals surface area contributed by atoms with E-state index < -0.39 is 35.6 Å². The first kappa shape index (κ1) is 21.3. The molecular weight excluding hydrogens is 404 g/mol. The number of primary amides is 1. The molecule has 2 fully saturated rings. The molecule has 162 valence electrons. The number of benzene rings is 1. The molecule has 0 unspecified atom stereocenters. The van der Waals surface area contributed by atoms with Crippen LogP contribution in [-0.4, -0.2) is 74.1 Å². The van der Waals surface area contributed by atoms with E-state index >= 15 is 0 Å². The van der Waals surface area contributed by atoms with Gasteiger partial charge in [-0.1, -0.05) is 0 Å². The second kappa shape index (κ2) is 8.51. The summed E-state index contributed by atoms with van der Waals surface area (Å²) in [6.45, 7) is 1.84. The first-order valence-electron chi connectivity index (χ1n) is 9.22. The number of hydrogen-bond donors (Lipinski definition) is 2. The molecule has 3 rings (SSSR count). The average molecular weight is 425 g/mol. The molecule has 2 saturated heterocycles. The minimum Gasteiger partial charge on any atom is -0.442 e. The molecule has 0 radical (unpaired) electrons. The van der Waals surface area contributed by atoms with E-state index in [4.69, 9.17) is 10.5 Å². The third kappa shape index (κ3) is 4.42. The summed E-state index contributed by atoms with van der Waals surface area (Å²) in [5.74, 6) is -3.97. The van der Waals surface area contributed by atoms with E-state index in [0.717, 1.165) is 17.0 Å². The Kier molecular flexibility index (Phi) is 6.04. The topological polar surface area (TPSA) is 125 Å². The highest BCUT2D eigenvalue weighted by Gasteiger charge is 2.34. The molecule has 2 aliphatic rings. The lowest BCUT2D eigenvalue weighted by Gasteiger charge is -2.35. The molecular formula is C18H21F2N5O5. The van der Waals surface area contributed by atoms with Crippen molar-refractivity contribution in [2.75, 3.05) is 49.1 Å². The van der Waals surface area contributed by atoms with Gasteiger partial charge in [0.05, 0.1) is 18.8 Å². The van der Waals surface area contributed by atoms with Crippen LogP contribution in [0.1, 0.15) is 6.92 Å². The fourth-order valence-electron chi connectivity index (χ4n) is 3.40. The predicted molar refractivity (Wildman–Crippen MR) is 101 cm³/mol. The number of rotatable bonds is 4. The number of piperazine rings is 1. The van der Waals surface area contributed by atoms with Crippen molar-refractivity contribution in [3.8, 4) is 0 Å². The van der Waals surface area contributed by atoms with E-state index in [0.29, 0.717) is 0 Å². The smallest absolute Gasteiger partial charge is 0.414 e. The monoisotopic (exact) mass is 425 g/mol. The Balaban J connectivity index is 1.71. The van der Waals surface area contributed by atoms with Crippen molar-refractivity contribution in [2.45, 2.75) is 13.0 Å². The van der Waals surface area contributed by atoms with Gasteiger partial charge in [-0.25, -0.2) is 13.6 Å². The number of amides is 4. The van der Waals surface area contributed by atoms with Crippen LogP contribution in [0, 0.1) is 11.6 Å². The van der Waals surface area contributed by atoms with Crippen molar-refractivity contribution in [3.63, 3.8) is 0 Å².